The number of halogens is 2. The molecule has 4 rings (SSSR count). The van der Waals surface area contributed by atoms with E-state index in [1.54, 1.807) is 6.92 Å². The molecule has 12 nitrogen and oxygen atoms in total. The van der Waals surface area contributed by atoms with Gasteiger partial charge in [-0.2, -0.15) is 5.09 Å². The number of aliphatic hydroxyl groups excluding tert-OH is 1. The van der Waals surface area contributed by atoms with Gasteiger partial charge in [-0.25, -0.2) is 18.1 Å². The number of aromatic nitrogens is 2. The Morgan fingerprint density at radius 3 is 2.56 bits per heavy atom. The maximum absolute atomic E-state index is 15.6. The molecule has 2 heterocycles. The first-order valence-electron chi connectivity index (χ1n) is 13.4. The quantitative estimate of drug-likeness (QED) is 0.258. The van der Waals surface area contributed by atoms with E-state index in [9.17, 15) is 28.4 Å². The zero-order valence-corrected chi connectivity index (χ0v) is 23.6. The lowest BCUT2D eigenvalue weighted by atomic mass is 9.98. The predicted molar refractivity (Wildman–Crippen MR) is 142 cm³/mol. The fraction of sp³-hybridized carbons (Fsp3) is 0.577. The van der Waals surface area contributed by atoms with Crippen LogP contribution < -0.4 is 20.9 Å². The van der Waals surface area contributed by atoms with E-state index in [0.717, 1.165) is 68.0 Å². The molecular weight excluding hydrogens is 567 g/mol. The highest BCUT2D eigenvalue weighted by Crippen LogP contribution is 2.47. The van der Waals surface area contributed by atoms with Crippen molar-refractivity contribution >= 4 is 13.7 Å². The number of H-pyrrole nitrogens is 1. The normalized spacial score (nSPS) is 27.2. The van der Waals surface area contributed by atoms with Crippen molar-refractivity contribution in [2.45, 2.75) is 88.6 Å². The van der Waals surface area contributed by atoms with Crippen molar-refractivity contribution in [1.82, 2.24) is 14.6 Å². The number of rotatable bonds is 11. The van der Waals surface area contributed by atoms with Gasteiger partial charge in [0.1, 0.15) is 35.9 Å². The summed E-state index contributed by atoms with van der Waals surface area (Å²) in [5.41, 5.74) is -4.20. The van der Waals surface area contributed by atoms with Gasteiger partial charge in [-0.05, 0) is 63.3 Å². The van der Waals surface area contributed by atoms with E-state index in [2.05, 4.69) is 5.09 Å². The highest BCUT2D eigenvalue weighted by molar-refractivity contribution is 7.52. The highest BCUT2D eigenvalue weighted by atomic mass is 31.2. The van der Waals surface area contributed by atoms with Crippen molar-refractivity contribution in [3.63, 3.8) is 0 Å². The number of hydrogen-bond acceptors (Lipinski definition) is 9. The molecule has 3 N–H and O–H groups in total. The Balaban J connectivity index is 1.52. The van der Waals surface area contributed by atoms with Gasteiger partial charge < -0.3 is 19.1 Å². The average Bonchev–Trinajstić information content (AvgIpc) is 3.16. The smallest absolute Gasteiger partial charge is 0.459 e. The molecule has 0 bridgehead atoms. The van der Waals surface area contributed by atoms with Crippen LogP contribution >= 0.6 is 7.75 Å². The fourth-order valence-corrected chi connectivity index (χ4v) is 6.38. The Hall–Kier alpha value is -2.90. The Kier molecular flexibility index (Phi) is 9.81. The molecule has 1 aromatic heterocycles. The van der Waals surface area contributed by atoms with E-state index < -0.39 is 67.5 Å². The molecule has 1 aliphatic carbocycles. The summed E-state index contributed by atoms with van der Waals surface area (Å²) in [6.07, 6.45) is 0.310. The van der Waals surface area contributed by atoms with Crippen molar-refractivity contribution in [2.24, 2.45) is 0 Å². The van der Waals surface area contributed by atoms with Gasteiger partial charge >= 0.3 is 19.4 Å². The van der Waals surface area contributed by atoms with Crippen LogP contribution in [0.15, 0.2) is 46.1 Å². The number of nitrogens with one attached hydrogen (secondary N) is 2. The molecule has 1 aromatic carbocycles. The molecule has 2 aromatic rings. The molecule has 1 saturated heterocycles. The predicted octanol–water partition coefficient (Wildman–Crippen LogP) is 3.11. The van der Waals surface area contributed by atoms with E-state index >= 15 is 4.39 Å². The minimum atomic E-state index is -4.47. The van der Waals surface area contributed by atoms with E-state index in [-0.39, 0.29) is 18.3 Å². The summed E-state index contributed by atoms with van der Waals surface area (Å²) in [5.74, 6) is -1.28. The Morgan fingerprint density at radius 2 is 1.93 bits per heavy atom. The number of aliphatic hydroxyl groups is 1. The summed E-state index contributed by atoms with van der Waals surface area (Å²) in [5, 5.41) is 13.2. The summed E-state index contributed by atoms with van der Waals surface area (Å²) < 4.78 is 66.0. The van der Waals surface area contributed by atoms with Crippen LogP contribution in [-0.2, 0) is 23.4 Å². The van der Waals surface area contributed by atoms with Crippen LogP contribution in [0.4, 0.5) is 8.78 Å². The highest BCUT2D eigenvalue weighted by Gasteiger charge is 2.56. The van der Waals surface area contributed by atoms with Gasteiger partial charge in [0, 0.05) is 12.3 Å². The van der Waals surface area contributed by atoms with Crippen molar-refractivity contribution in [1.29, 1.82) is 0 Å². The van der Waals surface area contributed by atoms with E-state index in [1.807, 2.05) is 4.98 Å². The molecule has 0 spiro atoms. The summed E-state index contributed by atoms with van der Waals surface area (Å²) in [4.78, 5) is 38.6. The molecular formula is C26H34F2N3O9P. The number of nitrogens with zero attached hydrogens (tertiary/aromatic N) is 1. The lowest BCUT2D eigenvalue weighted by Crippen LogP contribution is -2.44. The lowest BCUT2D eigenvalue weighted by Gasteiger charge is -2.28. The zero-order valence-electron chi connectivity index (χ0n) is 22.7. The number of alkyl halides is 1. The number of hydrogen-bond donors (Lipinski definition) is 3. The minimum absolute atomic E-state index is 0.0568. The topological polar surface area (TPSA) is 158 Å². The Bertz CT molecular complexity index is 1360. The van der Waals surface area contributed by atoms with Gasteiger partial charge in [-0.3, -0.25) is 23.7 Å². The first kappa shape index (κ1) is 31.0. The van der Waals surface area contributed by atoms with Gasteiger partial charge in [0.05, 0.1) is 6.61 Å². The molecule has 1 aliphatic heterocycles. The van der Waals surface area contributed by atoms with Gasteiger partial charge in [-0.1, -0.05) is 13.3 Å². The van der Waals surface area contributed by atoms with Crippen LogP contribution in [0.3, 0.4) is 0 Å². The van der Waals surface area contributed by atoms with Crippen LogP contribution in [0.2, 0.25) is 0 Å². The van der Waals surface area contributed by atoms with Crippen LogP contribution in [0.5, 0.6) is 5.75 Å². The fourth-order valence-electron chi connectivity index (χ4n) is 4.79. The van der Waals surface area contributed by atoms with Crippen molar-refractivity contribution < 1.29 is 41.8 Å². The average molecular weight is 602 g/mol. The van der Waals surface area contributed by atoms with Gasteiger partial charge in [0.15, 0.2) is 11.9 Å². The third-order valence-electron chi connectivity index (χ3n) is 7.11. The number of benzene rings is 1. The van der Waals surface area contributed by atoms with Crippen LogP contribution in [0.25, 0.3) is 0 Å². The van der Waals surface area contributed by atoms with Crippen molar-refractivity contribution in [3.05, 3.63) is 63.2 Å². The second-order valence-corrected chi connectivity index (χ2v) is 12.0. The number of ether oxygens (including phenoxy) is 2. The minimum Gasteiger partial charge on any atom is -0.461 e. The summed E-state index contributed by atoms with van der Waals surface area (Å²) in [6, 6.07) is 4.41. The number of aromatic amines is 1. The Morgan fingerprint density at radius 1 is 1.24 bits per heavy atom. The molecule has 2 aliphatic rings. The molecule has 1 saturated carbocycles. The summed E-state index contributed by atoms with van der Waals surface area (Å²) in [7, 11) is -4.47. The van der Waals surface area contributed by atoms with Gasteiger partial charge in [0.2, 0.25) is 0 Å². The second-order valence-electron chi connectivity index (χ2n) is 10.3. The molecule has 41 heavy (non-hydrogen) atoms. The zero-order chi connectivity index (χ0) is 29.8. The first-order chi connectivity index (χ1) is 19.4. The summed E-state index contributed by atoms with van der Waals surface area (Å²) in [6.45, 7) is 1.96. The maximum atomic E-state index is 15.6. The molecule has 0 amide bonds. The number of esters is 1. The SMILES string of the molecule is CC[C@H](NP(=O)(OC[C@H]1OC(n2ccc(=O)[nH]c2=O)[C@](C)(F)[C@@H]1O)Oc1ccc(F)cc1)C(=O)OC1CCCCC1. The summed E-state index contributed by atoms with van der Waals surface area (Å²) >= 11 is 0. The van der Waals surface area contributed by atoms with E-state index in [1.165, 1.54) is 12.1 Å². The molecule has 6 atom stereocenters. The standard InChI is InChI=1S/C26H34F2N3O9P/c1-3-19(23(34)38-17-7-5-4-6-8-17)30-41(36,40-18-11-9-16(27)10-12-18)37-15-20-22(33)26(2,28)24(39-20)31-14-13-21(32)29-25(31)35/h9-14,17,19-20,22,24,33H,3-8,15H2,1-2H3,(H,30,36)(H,29,32,35)/t19-,20+,22+,24?,26+,41?/m0/s1. The van der Waals surface area contributed by atoms with Crippen LogP contribution in [0.1, 0.15) is 58.6 Å². The van der Waals surface area contributed by atoms with Gasteiger partial charge in [0.25, 0.3) is 5.56 Å². The number of carbonyl (C=O) groups excluding carboxylic acids is 1. The van der Waals surface area contributed by atoms with Crippen LogP contribution in [0, 0.1) is 5.82 Å². The monoisotopic (exact) mass is 601 g/mol. The largest absolute Gasteiger partial charge is 0.461 e. The molecule has 15 heteroatoms. The molecule has 226 valence electrons. The van der Waals surface area contributed by atoms with E-state index in [4.69, 9.17) is 18.5 Å². The van der Waals surface area contributed by atoms with Crippen molar-refractivity contribution in [2.75, 3.05) is 6.61 Å². The lowest BCUT2D eigenvalue weighted by molar-refractivity contribution is -0.152. The maximum Gasteiger partial charge on any atom is 0.459 e. The molecule has 2 fully saturated rings. The second kappa shape index (κ2) is 13.0. The third kappa shape index (κ3) is 7.49. The third-order valence-corrected chi connectivity index (χ3v) is 8.68. The first-order valence-corrected chi connectivity index (χ1v) is 15.0. The van der Waals surface area contributed by atoms with Gasteiger partial charge in [-0.15, -0.1) is 0 Å². The van der Waals surface area contributed by atoms with Crippen molar-refractivity contribution in [3.8, 4) is 5.75 Å². The number of carbonyl (C=O) groups is 1. The molecule has 0 radical (unpaired) electrons. The van der Waals surface area contributed by atoms with Crippen LogP contribution in [-0.4, -0.2) is 57.3 Å². The van der Waals surface area contributed by atoms with E-state index in [0.29, 0.717) is 0 Å². The Labute approximate surface area is 234 Å². The molecule has 2 unspecified atom stereocenters.